The fourth-order valence-electron chi connectivity index (χ4n) is 1.55. The summed E-state index contributed by atoms with van der Waals surface area (Å²) in [6.07, 6.45) is 0. The quantitative estimate of drug-likeness (QED) is 0.782. The van der Waals surface area contributed by atoms with Gasteiger partial charge in [-0.3, -0.25) is 0 Å². The minimum atomic E-state index is -3.85. The van der Waals surface area contributed by atoms with Crippen LogP contribution in [0.2, 0.25) is 5.02 Å². The lowest BCUT2D eigenvalue weighted by Gasteiger charge is -2.22. The lowest BCUT2D eigenvalue weighted by atomic mass is 10.1. The van der Waals surface area contributed by atoms with Crippen molar-refractivity contribution in [3.63, 3.8) is 0 Å². The number of halogens is 1. The summed E-state index contributed by atoms with van der Waals surface area (Å²) in [6, 6.07) is 4.28. The van der Waals surface area contributed by atoms with Crippen molar-refractivity contribution in [1.82, 2.24) is 4.72 Å². The molecule has 2 N–H and O–H groups in total. The third-order valence-electron chi connectivity index (χ3n) is 2.51. The number of benzene rings is 1. The van der Waals surface area contributed by atoms with Crippen LogP contribution in [0.3, 0.4) is 0 Å². The van der Waals surface area contributed by atoms with Crippen LogP contribution >= 0.6 is 11.6 Å². The Morgan fingerprint density at radius 3 is 2.60 bits per heavy atom. The Kier molecular flexibility index (Phi) is 5.79. The summed E-state index contributed by atoms with van der Waals surface area (Å²) in [7, 11) is -1.07. The van der Waals surface area contributed by atoms with Gasteiger partial charge in [-0.2, -0.15) is 0 Å². The maximum atomic E-state index is 12.2. The summed E-state index contributed by atoms with van der Waals surface area (Å²) in [5.74, 6) is 0.174. The standard InChI is InChI=1S/C12H18ClNO5S/c1-12(15,8-18-2)7-14-20(16,17)11-6-9(13)4-5-10(11)19-3/h4-6,14-15H,7-8H2,1-3H3. The predicted molar refractivity (Wildman–Crippen MR) is 75.7 cm³/mol. The summed E-state index contributed by atoms with van der Waals surface area (Å²) in [4.78, 5) is -0.0827. The molecule has 20 heavy (non-hydrogen) atoms. The molecule has 114 valence electrons. The van der Waals surface area contributed by atoms with Gasteiger partial charge >= 0.3 is 0 Å². The van der Waals surface area contributed by atoms with Crippen molar-refractivity contribution >= 4 is 21.6 Å². The van der Waals surface area contributed by atoms with Crippen molar-refractivity contribution in [2.45, 2.75) is 17.4 Å². The second-order valence-corrected chi connectivity index (χ2v) is 6.72. The van der Waals surface area contributed by atoms with Gasteiger partial charge in [0.05, 0.1) is 19.3 Å². The molecular formula is C12H18ClNO5S. The van der Waals surface area contributed by atoms with E-state index in [1.54, 1.807) is 0 Å². The Bertz CT molecular complexity index is 559. The molecule has 1 atom stereocenters. The van der Waals surface area contributed by atoms with Crippen LogP contribution in [0.4, 0.5) is 0 Å². The number of ether oxygens (including phenoxy) is 2. The summed E-state index contributed by atoms with van der Waals surface area (Å²) in [5.41, 5.74) is -1.31. The van der Waals surface area contributed by atoms with Gasteiger partial charge in [-0.1, -0.05) is 11.6 Å². The van der Waals surface area contributed by atoms with E-state index in [-0.39, 0.29) is 28.8 Å². The van der Waals surface area contributed by atoms with Gasteiger partial charge in [0.1, 0.15) is 10.6 Å². The van der Waals surface area contributed by atoms with Crippen LogP contribution in [0.25, 0.3) is 0 Å². The zero-order valence-electron chi connectivity index (χ0n) is 11.5. The molecule has 0 aliphatic rings. The van der Waals surface area contributed by atoms with E-state index in [0.29, 0.717) is 0 Å². The molecule has 0 heterocycles. The number of rotatable bonds is 7. The molecule has 6 nitrogen and oxygen atoms in total. The van der Waals surface area contributed by atoms with Gasteiger partial charge in [-0.05, 0) is 25.1 Å². The highest BCUT2D eigenvalue weighted by Gasteiger charge is 2.26. The lowest BCUT2D eigenvalue weighted by Crippen LogP contribution is -2.43. The van der Waals surface area contributed by atoms with E-state index < -0.39 is 15.6 Å². The van der Waals surface area contributed by atoms with Crippen molar-refractivity contribution < 1.29 is 23.0 Å². The maximum absolute atomic E-state index is 12.2. The highest BCUT2D eigenvalue weighted by atomic mass is 35.5. The van der Waals surface area contributed by atoms with Crippen molar-refractivity contribution in [1.29, 1.82) is 0 Å². The Hall–Kier alpha value is -0.860. The number of hydrogen-bond donors (Lipinski definition) is 2. The fourth-order valence-corrected chi connectivity index (χ4v) is 3.14. The summed E-state index contributed by atoms with van der Waals surface area (Å²) < 4.78 is 36.5. The van der Waals surface area contributed by atoms with E-state index in [9.17, 15) is 13.5 Å². The number of sulfonamides is 1. The van der Waals surface area contributed by atoms with Gasteiger partial charge < -0.3 is 14.6 Å². The molecule has 0 saturated carbocycles. The minimum absolute atomic E-state index is 0.00218. The number of hydrogen-bond acceptors (Lipinski definition) is 5. The minimum Gasteiger partial charge on any atom is -0.495 e. The molecule has 0 fully saturated rings. The van der Waals surface area contributed by atoms with Gasteiger partial charge in [-0.15, -0.1) is 0 Å². The summed E-state index contributed by atoms with van der Waals surface area (Å²) in [6.45, 7) is 1.27. The second kappa shape index (κ2) is 6.73. The zero-order chi connectivity index (χ0) is 15.4. The average molecular weight is 324 g/mol. The molecule has 0 saturated heterocycles. The van der Waals surface area contributed by atoms with E-state index in [2.05, 4.69) is 4.72 Å². The molecular weight excluding hydrogens is 306 g/mol. The highest BCUT2D eigenvalue weighted by molar-refractivity contribution is 7.89. The summed E-state index contributed by atoms with van der Waals surface area (Å²) in [5, 5.41) is 10.2. The largest absolute Gasteiger partial charge is 0.495 e. The Labute approximate surface area is 123 Å². The van der Waals surface area contributed by atoms with E-state index in [4.69, 9.17) is 21.1 Å². The fraction of sp³-hybridized carbons (Fsp3) is 0.500. The molecule has 1 aromatic carbocycles. The van der Waals surface area contributed by atoms with Crippen molar-refractivity contribution in [2.24, 2.45) is 0 Å². The first-order valence-corrected chi connectivity index (χ1v) is 7.62. The van der Waals surface area contributed by atoms with Crippen LogP contribution in [0, 0.1) is 0 Å². The van der Waals surface area contributed by atoms with E-state index in [1.807, 2.05) is 0 Å². The third kappa shape index (κ3) is 4.60. The number of methoxy groups -OCH3 is 2. The number of aliphatic hydroxyl groups is 1. The smallest absolute Gasteiger partial charge is 0.244 e. The molecule has 1 aromatic rings. The molecule has 1 rings (SSSR count). The maximum Gasteiger partial charge on any atom is 0.244 e. The van der Waals surface area contributed by atoms with Gasteiger partial charge in [0.25, 0.3) is 0 Å². The van der Waals surface area contributed by atoms with E-state index in [1.165, 1.54) is 39.3 Å². The van der Waals surface area contributed by atoms with Gasteiger partial charge in [0.2, 0.25) is 10.0 Å². The molecule has 1 unspecified atom stereocenters. The topological polar surface area (TPSA) is 84.9 Å². The molecule has 0 amide bonds. The zero-order valence-corrected chi connectivity index (χ0v) is 13.1. The molecule has 0 bridgehead atoms. The van der Waals surface area contributed by atoms with Gasteiger partial charge in [-0.25, -0.2) is 13.1 Å². The van der Waals surface area contributed by atoms with Crippen LogP contribution in [0.5, 0.6) is 5.75 Å². The monoisotopic (exact) mass is 323 g/mol. The van der Waals surface area contributed by atoms with Gasteiger partial charge in [0, 0.05) is 18.7 Å². The highest BCUT2D eigenvalue weighted by Crippen LogP contribution is 2.26. The molecule has 0 spiro atoms. The predicted octanol–water partition coefficient (Wildman–Crippen LogP) is 1.02. The average Bonchev–Trinajstić information content (AvgIpc) is 2.37. The van der Waals surface area contributed by atoms with Crippen molar-refractivity contribution in [3.05, 3.63) is 23.2 Å². The van der Waals surface area contributed by atoms with Crippen LogP contribution in [-0.2, 0) is 14.8 Å². The normalized spacial score (nSPS) is 14.8. The summed E-state index contributed by atoms with van der Waals surface area (Å²) >= 11 is 5.80. The van der Waals surface area contributed by atoms with Crippen molar-refractivity contribution in [2.75, 3.05) is 27.4 Å². The Morgan fingerprint density at radius 1 is 1.40 bits per heavy atom. The number of nitrogens with one attached hydrogen (secondary N) is 1. The molecule has 0 radical (unpaired) electrons. The Balaban J connectivity index is 2.97. The van der Waals surface area contributed by atoms with Crippen LogP contribution in [0.15, 0.2) is 23.1 Å². The molecule has 0 aromatic heterocycles. The van der Waals surface area contributed by atoms with Crippen LogP contribution < -0.4 is 9.46 Å². The molecule has 0 aliphatic carbocycles. The first-order valence-electron chi connectivity index (χ1n) is 5.76. The van der Waals surface area contributed by atoms with Crippen LogP contribution in [-0.4, -0.2) is 46.5 Å². The van der Waals surface area contributed by atoms with E-state index >= 15 is 0 Å². The first kappa shape index (κ1) is 17.2. The van der Waals surface area contributed by atoms with Gasteiger partial charge in [0.15, 0.2) is 0 Å². The lowest BCUT2D eigenvalue weighted by molar-refractivity contribution is -0.0119. The molecule has 8 heteroatoms. The van der Waals surface area contributed by atoms with E-state index in [0.717, 1.165) is 0 Å². The third-order valence-corrected chi connectivity index (χ3v) is 4.17. The van der Waals surface area contributed by atoms with Crippen LogP contribution in [0.1, 0.15) is 6.92 Å². The van der Waals surface area contributed by atoms with Crippen molar-refractivity contribution in [3.8, 4) is 5.75 Å². The molecule has 0 aliphatic heterocycles. The first-order chi connectivity index (χ1) is 9.22. The Morgan fingerprint density at radius 2 is 2.05 bits per heavy atom. The second-order valence-electron chi connectivity index (χ2n) is 4.55. The SMILES string of the molecule is COCC(C)(O)CNS(=O)(=O)c1cc(Cl)ccc1OC.